The fraction of sp³-hybridized carbons (Fsp3) is 0.167. The second-order valence-electron chi connectivity index (χ2n) is 3.55. The second-order valence-corrected chi connectivity index (χ2v) is 3.55. The molecule has 1 heterocycles. The average molecular weight is 186 g/mol. The number of fused-ring (bicyclic) bond motifs is 3. The van der Waals surface area contributed by atoms with Crippen LogP contribution in [0.1, 0.15) is 5.56 Å². The molecule has 0 bridgehead atoms. The summed E-state index contributed by atoms with van der Waals surface area (Å²) in [5.74, 6) is 1.31. The summed E-state index contributed by atoms with van der Waals surface area (Å²) in [6.07, 6.45) is 0.970. The van der Waals surface area contributed by atoms with Gasteiger partial charge in [-0.3, -0.25) is 0 Å². The highest BCUT2D eigenvalue weighted by atomic mass is 16.5. The molecule has 0 atom stereocenters. The summed E-state index contributed by atoms with van der Waals surface area (Å²) < 4.78 is 5.47. The molecule has 0 amide bonds. The van der Waals surface area contributed by atoms with Gasteiger partial charge in [-0.2, -0.15) is 0 Å². The van der Waals surface area contributed by atoms with Crippen molar-refractivity contribution < 1.29 is 9.84 Å². The van der Waals surface area contributed by atoms with Crippen LogP contribution in [0.15, 0.2) is 30.3 Å². The normalized spacial score (nSPS) is 14.0. The average Bonchev–Trinajstić information content (AvgIpc) is 2.65. The molecule has 2 aromatic rings. The Hall–Kier alpha value is -1.70. The van der Waals surface area contributed by atoms with Crippen LogP contribution < -0.4 is 4.74 Å². The molecule has 1 N–H and O–H groups in total. The van der Waals surface area contributed by atoms with Gasteiger partial charge in [0.05, 0.1) is 6.61 Å². The number of phenols is 1. The third-order valence-corrected chi connectivity index (χ3v) is 2.68. The fourth-order valence-corrected chi connectivity index (χ4v) is 2.02. The van der Waals surface area contributed by atoms with Crippen molar-refractivity contribution in [2.45, 2.75) is 6.42 Å². The lowest BCUT2D eigenvalue weighted by Gasteiger charge is -2.03. The first-order valence-electron chi connectivity index (χ1n) is 4.72. The molecule has 2 heteroatoms. The highest BCUT2D eigenvalue weighted by Gasteiger charge is 2.14. The molecule has 70 valence electrons. The topological polar surface area (TPSA) is 29.5 Å². The molecule has 14 heavy (non-hydrogen) atoms. The van der Waals surface area contributed by atoms with Crippen molar-refractivity contribution in [2.75, 3.05) is 6.61 Å². The number of benzene rings is 2. The van der Waals surface area contributed by atoms with Crippen molar-refractivity contribution in [3.05, 3.63) is 35.9 Å². The van der Waals surface area contributed by atoms with Gasteiger partial charge in [0, 0.05) is 12.0 Å². The van der Waals surface area contributed by atoms with Crippen molar-refractivity contribution in [3.63, 3.8) is 0 Å². The Morgan fingerprint density at radius 2 is 2.07 bits per heavy atom. The van der Waals surface area contributed by atoms with Gasteiger partial charge in [-0.25, -0.2) is 0 Å². The molecule has 2 aromatic carbocycles. The van der Waals surface area contributed by atoms with Gasteiger partial charge in [0.15, 0.2) is 0 Å². The predicted molar refractivity (Wildman–Crippen MR) is 54.8 cm³/mol. The summed E-state index contributed by atoms with van der Waals surface area (Å²) in [5, 5.41) is 11.6. The molecule has 0 saturated carbocycles. The van der Waals surface area contributed by atoms with Crippen molar-refractivity contribution in [1.29, 1.82) is 0 Å². The molecule has 3 rings (SSSR count). The highest BCUT2D eigenvalue weighted by Crippen LogP contribution is 2.33. The van der Waals surface area contributed by atoms with E-state index >= 15 is 0 Å². The summed E-state index contributed by atoms with van der Waals surface area (Å²) in [4.78, 5) is 0. The minimum atomic E-state index is 0.316. The predicted octanol–water partition coefficient (Wildman–Crippen LogP) is 2.48. The smallest absolute Gasteiger partial charge is 0.123 e. The van der Waals surface area contributed by atoms with Gasteiger partial charge < -0.3 is 9.84 Å². The molecule has 0 aliphatic carbocycles. The minimum absolute atomic E-state index is 0.316. The maximum absolute atomic E-state index is 9.35. The SMILES string of the molecule is Oc1ccc2c3c(ccc2c1)OCC3. The van der Waals surface area contributed by atoms with Crippen molar-refractivity contribution >= 4 is 10.8 Å². The fourth-order valence-electron chi connectivity index (χ4n) is 2.02. The zero-order valence-corrected chi connectivity index (χ0v) is 7.66. The maximum Gasteiger partial charge on any atom is 0.123 e. The van der Waals surface area contributed by atoms with Crippen LogP contribution in [0.2, 0.25) is 0 Å². The maximum atomic E-state index is 9.35. The van der Waals surface area contributed by atoms with Crippen LogP contribution in [-0.2, 0) is 6.42 Å². The van der Waals surface area contributed by atoms with E-state index in [0.717, 1.165) is 24.2 Å². The molecule has 1 aliphatic rings. The zero-order valence-electron chi connectivity index (χ0n) is 7.66. The van der Waals surface area contributed by atoms with Crippen LogP contribution in [0.4, 0.5) is 0 Å². The van der Waals surface area contributed by atoms with Gasteiger partial charge in [0.25, 0.3) is 0 Å². The monoisotopic (exact) mass is 186 g/mol. The van der Waals surface area contributed by atoms with Gasteiger partial charge in [0.1, 0.15) is 11.5 Å². The molecule has 0 spiro atoms. The van der Waals surface area contributed by atoms with Crippen molar-refractivity contribution in [3.8, 4) is 11.5 Å². The quantitative estimate of drug-likeness (QED) is 0.684. The number of hydrogen-bond acceptors (Lipinski definition) is 2. The van der Waals surface area contributed by atoms with E-state index in [-0.39, 0.29) is 0 Å². The molecule has 1 aliphatic heterocycles. The first-order chi connectivity index (χ1) is 6.84. The van der Waals surface area contributed by atoms with E-state index in [1.54, 1.807) is 12.1 Å². The van der Waals surface area contributed by atoms with E-state index in [1.807, 2.05) is 18.2 Å². The first-order valence-corrected chi connectivity index (χ1v) is 4.72. The number of phenolic OH excluding ortho intramolecular Hbond substituents is 1. The van der Waals surface area contributed by atoms with Crippen LogP contribution in [0.5, 0.6) is 11.5 Å². The van der Waals surface area contributed by atoms with Gasteiger partial charge in [-0.15, -0.1) is 0 Å². The second kappa shape index (κ2) is 2.64. The van der Waals surface area contributed by atoms with Crippen molar-refractivity contribution in [2.24, 2.45) is 0 Å². The van der Waals surface area contributed by atoms with Crippen LogP contribution in [-0.4, -0.2) is 11.7 Å². The number of rotatable bonds is 0. The van der Waals surface area contributed by atoms with E-state index in [2.05, 4.69) is 0 Å². The summed E-state index contributed by atoms with van der Waals surface area (Å²) in [6, 6.07) is 9.43. The Labute approximate surface area is 81.7 Å². The van der Waals surface area contributed by atoms with Crippen LogP contribution in [0.25, 0.3) is 10.8 Å². The van der Waals surface area contributed by atoms with E-state index in [4.69, 9.17) is 4.74 Å². The van der Waals surface area contributed by atoms with Crippen LogP contribution in [0.3, 0.4) is 0 Å². The summed E-state index contributed by atoms with van der Waals surface area (Å²) in [7, 11) is 0. The van der Waals surface area contributed by atoms with Gasteiger partial charge in [-0.1, -0.05) is 12.1 Å². The third-order valence-electron chi connectivity index (χ3n) is 2.68. The molecular formula is C12H10O2. The highest BCUT2D eigenvalue weighted by molar-refractivity contribution is 5.89. The lowest BCUT2D eigenvalue weighted by Crippen LogP contribution is -1.85. The van der Waals surface area contributed by atoms with Gasteiger partial charge in [0.2, 0.25) is 0 Å². The lowest BCUT2D eigenvalue weighted by molar-refractivity contribution is 0.357. The summed E-state index contributed by atoms with van der Waals surface area (Å²) in [5.41, 5.74) is 1.27. The first kappa shape index (κ1) is 7.68. The lowest BCUT2D eigenvalue weighted by atomic mass is 10.0. The van der Waals surface area contributed by atoms with E-state index < -0.39 is 0 Å². The largest absolute Gasteiger partial charge is 0.508 e. The van der Waals surface area contributed by atoms with E-state index in [0.29, 0.717) is 5.75 Å². The van der Waals surface area contributed by atoms with Gasteiger partial charge >= 0.3 is 0 Å². The minimum Gasteiger partial charge on any atom is -0.508 e. The molecule has 0 unspecified atom stereocenters. The van der Waals surface area contributed by atoms with Gasteiger partial charge in [-0.05, 0) is 29.0 Å². The molecule has 0 aromatic heterocycles. The third kappa shape index (κ3) is 0.970. The Morgan fingerprint density at radius 1 is 1.14 bits per heavy atom. The Bertz CT molecular complexity index is 503. The Morgan fingerprint density at radius 3 is 3.00 bits per heavy atom. The molecular weight excluding hydrogens is 176 g/mol. The number of aromatic hydroxyl groups is 1. The zero-order chi connectivity index (χ0) is 9.54. The van der Waals surface area contributed by atoms with Crippen LogP contribution in [0, 0.1) is 0 Å². The molecule has 0 fully saturated rings. The molecule has 2 nitrogen and oxygen atoms in total. The Kier molecular flexibility index (Phi) is 1.45. The summed E-state index contributed by atoms with van der Waals surface area (Å²) in [6.45, 7) is 0.773. The number of ether oxygens (including phenoxy) is 1. The standard InChI is InChI=1S/C12H10O2/c13-9-2-3-10-8(7-9)1-4-12-11(10)5-6-14-12/h1-4,7,13H,5-6H2. The molecule has 0 radical (unpaired) electrons. The van der Waals surface area contributed by atoms with E-state index in [1.165, 1.54) is 10.9 Å². The number of hydrogen-bond donors (Lipinski definition) is 1. The Balaban J connectivity index is 2.39. The van der Waals surface area contributed by atoms with Crippen LogP contribution >= 0.6 is 0 Å². The summed E-state index contributed by atoms with van der Waals surface area (Å²) >= 11 is 0. The molecule has 0 saturated heterocycles. The van der Waals surface area contributed by atoms with Crippen molar-refractivity contribution in [1.82, 2.24) is 0 Å². The van der Waals surface area contributed by atoms with E-state index in [9.17, 15) is 5.11 Å².